The predicted octanol–water partition coefficient (Wildman–Crippen LogP) is 0.614. The first kappa shape index (κ1) is 14.8. The molecule has 6 heteroatoms. The molecule has 1 aromatic carbocycles. The summed E-state index contributed by atoms with van der Waals surface area (Å²) in [6.45, 7) is 2.14. The molecule has 22 heavy (non-hydrogen) atoms. The summed E-state index contributed by atoms with van der Waals surface area (Å²) in [5.74, 6) is 0.0242. The van der Waals surface area contributed by atoms with Gasteiger partial charge in [-0.05, 0) is 18.4 Å². The van der Waals surface area contributed by atoms with E-state index < -0.39 is 11.4 Å². The Labute approximate surface area is 129 Å². The van der Waals surface area contributed by atoms with Crippen molar-refractivity contribution in [1.82, 2.24) is 10.2 Å². The van der Waals surface area contributed by atoms with E-state index in [0.29, 0.717) is 39.1 Å². The van der Waals surface area contributed by atoms with Crippen LogP contribution < -0.4 is 11.1 Å². The van der Waals surface area contributed by atoms with Gasteiger partial charge in [0.1, 0.15) is 0 Å². The lowest BCUT2D eigenvalue weighted by Gasteiger charge is -2.42. The topological polar surface area (TPSA) is 84.7 Å². The third-order valence-corrected chi connectivity index (χ3v) is 4.64. The molecular weight excluding hydrogens is 282 g/mol. The molecule has 3 rings (SSSR count). The zero-order chi connectivity index (χ0) is 15.6. The Morgan fingerprint density at radius 1 is 1.18 bits per heavy atom. The summed E-state index contributed by atoms with van der Waals surface area (Å²) in [5, 5.41) is 3.07. The third kappa shape index (κ3) is 2.66. The van der Waals surface area contributed by atoms with Crippen LogP contribution >= 0.6 is 0 Å². The van der Waals surface area contributed by atoms with Gasteiger partial charge in [0, 0.05) is 26.3 Å². The molecule has 0 bridgehead atoms. The van der Waals surface area contributed by atoms with Crippen molar-refractivity contribution >= 4 is 11.9 Å². The van der Waals surface area contributed by atoms with E-state index in [-0.39, 0.29) is 11.9 Å². The smallest absolute Gasteiger partial charge is 0.314 e. The minimum Gasteiger partial charge on any atom is -0.381 e. The number of primary amides is 1. The zero-order valence-corrected chi connectivity index (χ0v) is 12.5. The summed E-state index contributed by atoms with van der Waals surface area (Å²) < 4.78 is 5.44. The second-order valence-corrected chi connectivity index (χ2v) is 5.97. The summed E-state index contributed by atoms with van der Waals surface area (Å²) in [5.41, 5.74) is 5.70. The highest BCUT2D eigenvalue weighted by molar-refractivity contribution is 5.89. The lowest BCUT2D eigenvalue weighted by molar-refractivity contribution is -0.132. The molecular formula is C16H21N3O3. The molecule has 2 aliphatic heterocycles. The van der Waals surface area contributed by atoms with Crippen LogP contribution in [0.3, 0.4) is 0 Å². The first-order valence-electron chi connectivity index (χ1n) is 7.60. The molecule has 2 fully saturated rings. The highest BCUT2D eigenvalue weighted by atomic mass is 16.5. The molecule has 1 aromatic rings. The van der Waals surface area contributed by atoms with Gasteiger partial charge in [-0.1, -0.05) is 30.3 Å². The number of benzene rings is 1. The molecule has 6 nitrogen and oxygen atoms in total. The lowest BCUT2D eigenvalue weighted by atomic mass is 9.73. The Morgan fingerprint density at radius 2 is 1.82 bits per heavy atom. The van der Waals surface area contributed by atoms with Gasteiger partial charge in [-0.3, -0.25) is 4.79 Å². The van der Waals surface area contributed by atoms with Crippen molar-refractivity contribution in [3.63, 3.8) is 0 Å². The number of hydrogen-bond donors (Lipinski definition) is 2. The van der Waals surface area contributed by atoms with Gasteiger partial charge < -0.3 is 20.7 Å². The van der Waals surface area contributed by atoms with Crippen molar-refractivity contribution in [3.8, 4) is 0 Å². The molecule has 0 radical (unpaired) electrons. The van der Waals surface area contributed by atoms with E-state index >= 15 is 0 Å². The predicted molar refractivity (Wildman–Crippen MR) is 81.3 cm³/mol. The van der Waals surface area contributed by atoms with Gasteiger partial charge in [-0.15, -0.1) is 0 Å². The van der Waals surface area contributed by atoms with Crippen molar-refractivity contribution in [2.24, 2.45) is 5.73 Å². The van der Waals surface area contributed by atoms with Crippen molar-refractivity contribution in [3.05, 3.63) is 35.9 Å². The molecule has 0 aromatic heterocycles. The van der Waals surface area contributed by atoms with Gasteiger partial charge >= 0.3 is 6.03 Å². The Bertz CT molecular complexity index is 549. The number of carbonyl (C=O) groups is 2. The normalized spacial score (nSPS) is 21.0. The SMILES string of the molecule is NC(=O)N1CC(NC(=O)C2(c3ccccc3)CCOCC2)C1. The van der Waals surface area contributed by atoms with Gasteiger partial charge in [0.05, 0.1) is 11.5 Å². The summed E-state index contributed by atoms with van der Waals surface area (Å²) in [6.07, 6.45) is 1.35. The molecule has 118 valence electrons. The minimum absolute atomic E-state index is 0.0107. The number of nitrogens with zero attached hydrogens (tertiary/aromatic N) is 1. The molecule has 3 N–H and O–H groups in total. The Balaban J connectivity index is 1.73. The van der Waals surface area contributed by atoms with Crippen molar-refractivity contribution < 1.29 is 14.3 Å². The fraction of sp³-hybridized carbons (Fsp3) is 0.500. The van der Waals surface area contributed by atoms with Gasteiger partial charge in [0.2, 0.25) is 5.91 Å². The molecule has 0 spiro atoms. The number of nitrogens with one attached hydrogen (secondary N) is 1. The molecule has 2 saturated heterocycles. The first-order chi connectivity index (χ1) is 10.6. The summed E-state index contributed by atoms with van der Waals surface area (Å²) in [6, 6.07) is 9.42. The molecule has 3 amide bonds. The van der Waals surface area contributed by atoms with Crippen LogP contribution in [0.4, 0.5) is 4.79 Å². The minimum atomic E-state index is -0.535. The average Bonchev–Trinajstić information content (AvgIpc) is 2.51. The number of urea groups is 1. The maximum atomic E-state index is 12.9. The van der Waals surface area contributed by atoms with Crippen LogP contribution in [0.1, 0.15) is 18.4 Å². The molecule has 0 aliphatic carbocycles. The fourth-order valence-corrected chi connectivity index (χ4v) is 3.20. The fourth-order valence-electron chi connectivity index (χ4n) is 3.20. The van der Waals surface area contributed by atoms with Crippen LogP contribution in [-0.2, 0) is 14.9 Å². The number of carbonyl (C=O) groups excluding carboxylic acids is 2. The molecule has 2 heterocycles. The highest BCUT2D eigenvalue weighted by Gasteiger charge is 2.43. The molecule has 0 saturated carbocycles. The van der Waals surface area contributed by atoms with E-state index in [9.17, 15) is 9.59 Å². The largest absolute Gasteiger partial charge is 0.381 e. The zero-order valence-electron chi connectivity index (χ0n) is 12.5. The number of ether oxygens (including phenoxy) is 1. The van der Waals surface area contributed by atoms with Crippen LogP contribution in [-0.4, -0.2) is 49.2 Å². The summed E-state index contributed by atoms with van der Waals surface area (Å²) in [4.78, 5) is 25.4. The van der Waals surface area contributed by atoms with E-state index in [1.165, 1.54) is 4.90 Å². The maximum Gasteiger partial charge on any atom is 0.314 e. The number of amides is 3. The van der Waals surface area contributed by atoms with E-state index in [2.05, 4.69) is 5.32 Å². The van der Waals surface area contributed by atoms with Crippen molar-refractivity contribution in [2.45, 2.75) is 24.3 Å². The number of rotatable bonds is 3. The summed E-state index contributed by atoms with van der Waals surface area (Å²) in [7, 11) is 0. The van der Waals surface area contributed by atoms with Crippen LogP contribution in [0.25, 0.3) is 0 Å². The van der Waals surface area contributed by atoms with E-state index in [0.717, 1.165) is 5.56 Å². The van der Waals surface area contributed by atoms with Crippen LogP contribution in [0, 0.1) is 0 Å². The van der Waals surface area contributed by atoms with E-state index in [1.807, 2.05) is 30.3 Å². The first-order valence-corrected chi connectivity index (χ1v) is 7.60. The van der Waals surface area contributed by atoms with Gasteiger partial charge in [0.15, 0.2) is 0 Å². The lowest BCUT2D eigenvalue weighted by Crippen LogP contribution is -2.64. The molecule has 2 aliphatic rings. The maximum absolute atomic E-state index is 12.9. The van der Waals surface area contributed by atoms with Gasteiger partial charge in [-0.25, -0.2) is 4.79 Å². The number of likely N-dealkylation sites (tertiary alicyclic amines) is 1. The molecule has 0 atom stereocenters. The third-order valence-electron chi connectivity index (χ3n) is 4.64. The van der Waals surface area contributed by atoms with E-state index in [4.69, 9.17) is 10.5 Å². The van der Waals surface area contributed by atoms with Crippen LogP contribution in [0.5, 0.6) is 0 Å². The molecule has 0 unspecified atom stereocenters. The highest BCUT2D eigenvalue weighted by Crippen LogP contribution is 2.35. The monoisotopic (exact) mass is 303 g/mol. The Morgan fingerprint density at radius 3 is 2.41 bits per heavy atom. The quantitative estimate of drug-likeness (QED) is 0.858. The second-order valence-electron chi connectivity index (χ2n) is 5.97. The average molecular weight is 303 g/mol. The van der Waals surface area contributed by atoms with Crippen molar-refractivity contribution in [1.29, 1.82) is 0 Å². The number of nitrogens with two attached hydrogens (primary N) is 1. The Hall–Kier alpha value is -2.08. The second kappa shape index (κ2) is 5.96. The standard InChI is InChI=1S/C16H21N3O3/c17-15(21)19-10-13(11-19)18-14(20)16(6-8-22-9-7-16)12-4-2-1-3-5-12/h1-5,13H,6-11H2,(H2,17,21)(H,18,20). The van der Waals surface area contributed by atoms with Gasteiger partial charge in [-0.2, -0.15) is 0 Å². The van der Waals surface area contributed by atoms with Gasteiger partial charge in [0.25, 0.3) is 0 Å². The van der Waals surface area contributed by atoms with E-state index in [1.54, 1.807) is 0 Å². The number of hydrogen-bond acceptors (Lipinski definition) is 3. The Kier molecular flexibility index (Phi) is 4.02. The van der Waals surface area contributed by atoms with Crippen LogP contribution in [0.2, 0.25) is 0 Å². The van der Waals surface area contributed by atoms with Crippen LogP contribution in [0.15, 0.2) is 30.3 Å². The summed E-state index contributed by atoms with van der Waals surface area (Å²) >= 11 is 0. The van der Waals surface area contributed by atoms with Crippen molar-refractivity contribution in [2.75, 3.05) is 26.3 Å².